The minimum Gasteiger partial charge on any atom is -0.271 e. The lowest BCUT2D eigenvalue weighted by atomic mass is 9.86. The fourth-order valence-electron chi connectivity index (χ4n) is 2.66. The smallest absolute Gasteiger partial charge is 0.165 e. The van der Waals surface area contributed by atoms with Crippen molar-refractivity contribution in [1.82, 2.24) is 5.06 Å². The molecule has 1 spiro atoms. The van der Waals surface area contributed by atoms with Crippen LogP contribution >= 0.6 is 0 Å². The predicted molar refractivity (Wildman–Crippen MR) is 63.4 cm³/mol. The van der Waals surface area contributed by atoms with E-state index in [4.69, 9.17) is 4.84 Å². The molecule has 2 heteroatoms. The summed E-state index contributed by atoms with van der Waals surface area (Å²) in [7, 11) is 0. The standard InChI is InChI=1S/C14H19NO/c1-12-7-9-14(10-8-12)15(16-14)11-13-5-3-2-4-6-13/h2-6,12H,7-11H2,1H3. The summed E-state index contributed by atoms with van der Waals surface area (Å²) >= 11 is 0. The number of hydrogen-bond acceptors (Lipinski definition) is 2. The first kappa shape index (κ1) is 10.3. The second kappa shape index (κ2) is 3.86. The van der Waals surface area contributed by atoms with Crippen LogP contribution < -0.4 is 0 Å². The fourth-order valence-corrected chi connectivity index (χ4v) is 2.66. The van der Waals surface area contributed by atoms with E-state index in [0.717, 1.165) is 12.5 Å². The number of rotatable bonds is 2. The molecule has 1 aliphatic carbocycles. The minimum absolute atomic E-state index is 0.113. The molecule has 2 fully saturated rings. The van der Waals surface area contributed by atoms with Crippen molar-refractivity contribution < 1.29 is 4.84 Å². The molecule has 16 heavy (non-hydrogen) atoms. The molecule has 1 heterocycles. The van der Waals surface area contributed by atoms with E-state index in [1.54, 1.807) is 0 Å². The summed E-state index contributed by atoms with van der Waals surface area (Å²) in [6.07, 6.45) is 5.04. The molecular formula is C14H19NO. The van der Waals surface area contributed by atoms with Gasteiger partial charge in [-0.3, -0.25) is 4.84 Å². The Hall–Kier alpha value is -0.860. The summed E-state index contributed by atoms with van der Waals surface area (Å²) in [5, 5.41) is 2.17. The lowest BCUT2D eigenvalue weighted by molar-refractivity contribution is 0.173. The Morgan fingerprint density at radius 2 is 1.94 bits per heavy atom. The zero-order valence-electron chi connectivity index (χ0n) is 9.86. The summed E-state index contributed by atoms with van der Waals surface area (Å²) in [5.74, 6) is 0.883. The van der Waals surface area contributed by atoms with Gasteiger partial charge in [-0.2, -0.15) is 0 Å². The molecule has 0 amide bonds. The van der Waals surface area contributed by atoms with Gasteiger partial charge in [-0.05, 0) is 37.2 Å². The Labute approximate surface area is 97.2 Å². The van der Waals surface area contributed by atoms with Gasteiger partial charge in [-0.1, -0.05) is 37.3 Å². The number of hydroxylamine groups is 2. The highest BCUT2D eigenvalue weighted by Crippen LogP contribution is 2.48. The third kappa shape index (κ3) is 1.87. The second-order valence-electron chi connectivity index (χ2n) is 5.24. The molecule has 0 bridgehead atoms. The number of nitrogens with zero attached hydrogens (tertiary/aromatic N) is 1. The average Bonchev–Trinajstić information content (AvgIpc) is 2.98. The SMILES string of the molecule is CC1CCC2(CC1)ON2Cc1ccccc1. The highest BCUT2D eigenvalue weighted by Gasteiger charge is 2.55. The first-order valence-electron chi connectivity index (χ1n) is 6.29. The highest BCUT2D eigenvalue weighted by atomic mass is 16.9. The molecule has 0 N–H and O–H groups in total. The molecule has 1 unspecified atom stereocenters. The van der Waals surface area contributed by atoms with E-state index < -0.39 is 0 Å². The van der Waals surface area contributed by atoms with E-state index in [-0.39, 0.29) is 5.72 Å². The van der Waals surface area contributed by atoms with Gasteiger partial charge in [-0.25, -0.2) is 0 Å². The maximum atomic E-state index is 5.83. The van der Waals surface area contributed by atoms with Crippen molar-refractivity contribution >= 4 is 0 Å². The van der Waals surface area contributed by atoms with Crippen LogP contribution in [0.1, 0.15) is 38.2 Å². The largest absolute Gasteiger partial charge is 0.271 e. The van der Waals surface area contributed by atoms with Crippen molar-refractivity contribution in [3.63, 3.8) is 0 Å². The molecule has 2 aliphatic rings. The van der Waals surface area contributed by atoms with Crippen LogP contribution in [0.3, 0.4) is 0 Å². The summed E-state index contributed by atoms with van der Waals surface area (Å²) in [5.41, 5.74) is 1.46. The van der Waals surface area contributed by atoms with Crippen molar-refractivity contribution in [2.45, 2.75) is 44.9 Å². The van der Waals surface area contributed by atoms with E-state index in [2.05, 4.69) is 42.3 Å². The van der Waals surface area contributed by atoms with Crippen molar-refractivity contribution in [1.29, 1.82) is 0 Å². The van der Waals surface area contributed by atoms with Gasteiger partial charge >= 0.3 is 0 Å². The van der Waals surface area contributed by atoms with Gasteiger partial charge in [0.15, 0.2) is 5.72 Å². The molecule has 1 aromatic rings. The fraction of sp³-hybridized carbons (Fsp3) is 0.571. The molecule has 0 aromatic heterocycles. The molecule has 2 nitrogen and oxygen atoms in total. The number of benzene rings is 1. The van der Waals surface area contributed by atoms with Gasteiger partial charge in [0, 0.05) is 0 Å². The molecule has 1 aliphatic heterocycles. The van der Waals surface area contributed by atoms with E-state index in [0.29, 0.717) is 0 Å². The van der Waals surface area contributed by atoms with Gasteiger partial charge in [0.25, 0.3) is 0 Å². The van der Waals surface area contributed by atoms with Crippen LogP contribution in [0.15, 0.2) is 30.3 Å². The van der Waals surface area contributed by atoms with Crippen molar-refractivity contribution in [2.75, 3.05) is 0 Å². The van der Waals surface area contributed by atoms with E-state index in [9.17, 15) is 0 Å². The van der Waals surface area contributed by atoms with Crippen LogP contribution in [0.2, 0.25) is 0 Å². The zero-order valence-corrected chi connectivity index (χ0v) is 9.86. The van der Waals surface area contributed by atoms with Gasteiger partial charge in [0.2, 0.25) is 0 Å². The number of hydrogen-bond donors (Lipinski definition) is 0. The van der Waals surface area contributed by atoms with Crippen LogP contribution in [0.4, 0.5) is 0 Å². The minimum atomic E-state index is 0.113. The highest BCUT2D eigenvalue weighted by molar-refractivity contribution is 5.15. The zero-order chi connectivity index (χ0) is 11.0. The maximum Gasteiger partial charge on any atom is 0.165 e. The van der Waals surface area contributed by atoms with Crippen molar-refractivity contribution in [3.05, 3.63) is 35.9 Å². The second-order valence-corrected chi connectivity index (χ2v) is 5.24. The summed E-state index contributed by atoms with van der Waals surface area (Å²) < 4.78 is 0. The molecule has 1 saturated carbocycles. The third-order valence-corrected chi connectivity index (χ3v) is 3.93. The Balaban J connectivity index is 1.60. The van der Waals surface area contributed by atoms with Gasteiger partial charge in [-0.15, -0.1) is 5.06 Å². The maximum absolute atomic E-state index is 5.83. The van der Waals surface area contributed by atoms with Crippen LogP contribution in [0.5, 0.6) is 0 Å². The molecule has 0 radical (unpaired) electrons. The van der Waals surface area contributed by atoms with Crippen LogP contribution in [0, 0.1) is 5.92 Å². The first-order valence-corrected chi connectivity index (χ1v) is 6.29. The summed E-state index contributed by atoms with van der Waals surface area (Å²) in [6, 6.07) is 10.6. The lowest BCUT2D eigenvalue weighted by Gasteiger charge is -2.22. The van der Waals surface area contributed by atoms with Crippen LogP contribution in [0.25, 0.3) is 0 Å². The van der Waals surface area contributed by atoms with Gasteiger partial charge in [0.05, 0.1) is 6.54 Å². The van der Waals surface area contributed by atoms with Crippen molar-refractivity contribution in [3.8, 4) is 0 Å². The molecule has 1 atom stereocenters. The average molecular weight is 217 g/mol. The Morgan fingerprint density at radius 1 is 1.25 bits per heavy atom. The molecule has 3 rings (SSSR count). The normalized spacial score (nSPS) is 37.6. The molecule has 1 aromatic carbocycles. The Bertz CT molecular complexity index is 354. The lowest BCUT2D eigenvalue weighted by Crippen LogP contribution is -2.24. The summed E-state index contributed by atoms with van der Waals surface area (Å²) in [4.78, 5) is 5.83. The molecular weight excluding hydrogens is 198 g/mol. The monoisotopic (exact) mass is 217 g/mol. The van der Waals surface area contributed by atoms with Gasteiger partial charge < -0.3 is 0 Å². The molecule has 86 valence electrons. The predicted octanol–water partition coefficient (Wildman–Crippen LogP) is 3.34. The van der Waals surface area contributed by atoms with E-state index in [1.165, 1.54) is 31.2 Å². The van der Waals surface area contributed by atoms with Crippen molar-refractivity contribution in [2.24, 2.45) is 5.92 Å². The van der Waals surface area contributed by atoms with Crippen LogP contribution in [-0.2, 0) is 11.4 Å². The van der Waals surface area contributed by atoms with Crippen LogP contribution in [-0.4, -0.2) is 10.8 Å². The summed E-state index contributed by atoms with van der Waals surface area (Å²) in [6.45, 7) is 3.28. The van der Waals surface area contributed by atoms with Gasteiger partial charge in [0.1, 0.15) is 0 Å². The van der Waals surface area contributed by atoms with E-state index in [1.807, 2.05) is 0 Å². The first-order chi connectivity index (χ1) is 7.78. The third-order valence-electron chi connectivity index (χ3n) is 3.93. The Kier molecular flexibility index (Phi) is 2.49. The van der Waals surface area contributed by atoms with E-state index >= 15 is 0 Å². The Morgan fingerprint density at radius 3 is 2.62 bits per heavy atom. The topological polar surface area (TPSA) is 15.5 Å². The quantitative estimate of drug-likeness (QED) is 0.706. The molecule has 1 saturated heterocycles.